The molecule has 1 saturated heterocycles. The van der Waals surface area contributed by atoms with E-state index in [4.69, 9.17) is 9.26 Å². The topological polar surface area (TPSA) is 75.5 Å². The summed E-state index contributed by atoms with van der Waals surface area (Å²) in [6.45, 7) is 0.648. The number of hydrogen-bond donors (Lipinski definition) is 1. The van der Waals surface area contributed by atoms with Gasteiger partial charge < -0.3 is 14.2 Å². The van der Waals surface area contributed by atoms with E-state index in [0.717, 1.165) is 30.6 Å². The SMILES string of the molecule is COc1cccc(C2CCCCN2C(=O)c2cc(=O)[nH]o2)c1. The van der Waals surface area contributed by atoms with Gasteiger partial charge in [0, 0.05) is 6.54 Å². The third kappa shape index (κ3) is 2.77. The van der Waals surface area contributed by atoms with Crippen LogP contribution in [0, 0.1) is 0 Å². The highest BCUT2D eigenvalue weighted by Gasteiger charge is 2.30. The van der Waals surface area contributed by atoms with Gasteiger partial charge in [-0.05, 0) is 37.0 Å². The van der Waals surface area contributed by atoms with E-state index < -0.39 is 5.56 Å². The molecule has 22 heavy (non-hydrogen) atoms. The first-order valence-corrected chi connectivity index (χ1v) is 7.32. The molecule has 0 saturated carbocycles. The van der Waals surface area contributed by atoms with Crippen molar-refractivity contribution in [1.82, 2.24) is 10.1 Å². The third-order valence-electron chi connectivity index (χ3n) is 3.98. The number of aromatic nitrogens is 1. The maximum absolute atomic E-state index is 12.6. The van der Waals surface area contributed by atoms with Crippen molar-refractivity contribution in [2.45, 2.75) is 25.3 Å². The van der Waals surface area contributed by atoms with E-state index in [1.165, 1.54) is 6.07 Å². The number of ether oxygens (including phenoxy) is 1. The van der Waals surface area contributed by atoms with Crippen LogP contribution in [-0.4, -0.2) is 29.6 Å². The van der Waals surface area contributed by atoms with Gasteiger partial charge in [0.15, 0.2) is 0 Å². The number of amides is 1. The average Bonchev–Trinajstić information content (AvgIpc) is 3.00. The molecule has 1 N–H and O–H groups in total. The summed E-state index contributed by atoms with van der Waals surface area (Å²) in [5, 5.41) is 2.16. The maximum Gasteiger partial charge on any atom is 0.293 e. The van der Waals surface area contributed by atoms with Gasteiger partial charge in [-0.3, -0.25) is 9.59 Å². The van der Waals surface area contributed by atoms with Gasteiger partial charge in [-0.2, -0.15) is 5.16 Å². The molecular formula is C16H18N2O4. The van der Waals surface area contributed by atoms with Crippen LogP contribution in [0.3, 0.4) is 0 Å². The molecule has 2 heterocycles. The molecule has 2 aromatic rings. The maximum atomic E-state index is 12.6. The van der Waals surface area contributed by atoms with Crippen molar-refractivity contribution >= 4 is 5.91 Å². The molecule has 3 rings (SSSR count). The number of rotatable bonds is 3. The zero-order valence-electron chi connectivity index (χ0n) is 12.4. The number of hydrogen-bond acceptors (Lipinski definition) is 4. The number of nitrogens with zero attached hydrogens (tertiary/aromatic N) is 1. The number of benzene rings is 1. The van der Waals surface area contributed by atoms with Gasteiger partial charge in [0.25, 0.3) is 11.5 Å². The lowest BCUT2D eigenvalue weighted by Gasteiger charge is -2.35. The Balaban J connectivity index is 1.90. The summed E-state index contributed by atoms with van der Waals surface area (Å²) in [7, 11) is 1.62. The molecule has 1 aliphatic rings. The smallest absolute Gasteiger partial charge is 0.293 e. The van der Waals surface area contributed by atoms with E-state index in [2.05, 4.69) is 5.16 Å². The molecule has 1 aromatic carbocycles. The van der Waals surface area contributed by atoms with Gasteiger partial charge in [0.1, 0.15) is 5.75 Å². The fourth-order valence-corrected chi connectivity index (χ4v) is 2.90. The van der Waals surface area contributed by atoms with Crippen molar-refractivity contribution in [1.29, 1.82) is 0 Å². The molecule has 1 atom stereocenters. The number of piperidine rings is 1. The molecule has 0 spiro atoms. The summed E-state index contributed by atoms with van der Waals surface area (Å²) < 4.78 is 10.2. The first kappa shape index (κ1) is 14.4. The van der Waals surface area contributed by atoms with Gasteiger partial charge in [-0.1, -0.05) is 12.1 Å². The predicted molar refractivity (Wildman–Crippen MR) is 80.0 cm³/mol. The minimum atomic E-state index is -0.404. The summed E-state index contributed by atoms with van der Waals surface area (Å²) in [5.74, 6) is 0.564. The quantitative estimate of drug-likeness (QED) is 0.944. The summed E-state index contributed by atoms with van der Waals surface area (Å²) in [6, 6.07) is 8.90. The van der Waals surface area contributed by atoms with Crippen molar-refractivity contribution in [3.8, 4) is 5.75 Å². The first-order valence-electron chi connectivity index (χ1n) is 7.32. The first-order chi connectivity index (χ1) is 10.7. The lowest BCUT2D eigenvalue weighted by Crippen LogP contribution is -2.38. The van der Waals surface area contributed by atoms with Crippen LogP contribution < -0.4 is 10.3 Å². The Morgan fingerprint density at radius 3 is 2.95 bits per heavy atom. The number of methoxy groups -OCH3 is 1. The Labute approximate surface area is 127 Å². The van der Waals surface area contributed by atoms with Crippen molar-refractivity contribution < 1.29 is 14.1 Å². The van der Waals surface area contributed by atoms with E-state index >= 15 is 0 Å². The van der Waals surface area contributed by atoms with Crippen LogP contribution >= 0.6 is 0 Å². The molecule has 1 unspecified atom stereocenters. The summed E-state index contributed by atoms with van der Waals surface area (Å²) in [4.78, 5) is 25.5. The summed E-state index contributed by atoms with van der Waals surface area (Å²) in [5.41, 5.74) is 0.628. The van der Waals surface area contributed by atoms with Crippen molar-refractivity contribution in [2.24, 2.45) is 0 Å². The van der Waals surface area contributed by atoms with Crippen LogP contribution in [0.2, 0.25) is 0 Å². The van der Waals surface area contributed by atoms with Crippen LogP contribution in [0.15, 0.2) is 39.6 Å². The normalized spacial score (nSPS) is 18.2. The molecule has 1 amide bonds. The predicted octanol–water partition coefficient (Wildman–Crippen LogP) is 2.34. The Bertz CT molecular complexity index is 719. The number of carbonyl (C=O) groups is 1. The van der Waals surface area contributed by atoms with Crippen molar-refractivity contribution in [2.75, 3.05) is 13.7 Å². The van der Waals surface area contributed by atoms with Gasteiger partial charge >= 0.3 is 0 Å². The number of H-pyrrole nitrogens is 1. The highest BCUT2D eigenvalue weighted by molar-refractivity contribution is 5.91. The molecule has 1 aromatic heterocycles. The lowest BCUT2D eigenvalue weighted by atomic mass is 9.95. The average molecular weight is 302 g/mol. The Kier molecular flexibility index (Phi) is 4.00. The number of likely N-dealkylation sites (tertiary alicyclic amines) is 1. The molecular weight excluding hydrogens is 284 g/mol. The van der Waals surface area contributed by atoms with Crippen molar-refractivity contribution in [3.63, 3.8) is 0 Å². The van der Waals surface area contributed by atoms with Gasteiger partial charge in [0.2, 0.25) is 5.76 Å². The van der Waals surface area contributed by atoms with E-state index in [1.54, 1.807) is 12.0 Å². The monoisotopic (exact) mass is 302 g/mol. The Hall–Kier alpha value is -2.50. The lowest BCUT2D eigenvalue weighted by molar-refractivity contribution is 0.0569. The Morgan fingerprint density at radius 2 is 2.23 bits per heavy atom. The van der Waals surface area contributed by atoms with E-state index in [-0.39, 0.29) is 17.7 Å². The highest BCUT2D eigenvalue weighted by Crippen LogP contribution is 2.33. The number of carbonyl (C=O) groups excluding carboxylic acids is 1. The Morgan fingerprint density at radius 1 is 1.36 bits per heavy atom. The van der Waals surface area contributed by atoms with Gasteiger partial charge in [-0.25, -0.2) is 0 Å². The van der Waals surface area contributed by atoms with E-state index in [0.29, 0.717) is 6.54 Å². The molecule has 1 aliphatic heterocycles. The van der Waals surface area contributed by atoms with Crippen molar-refractivity contribution in [3.05, 3.63) is 52.0 Å². The van der Waals surface area contributed by atoms with Crippen LogP contribution in [0.1, 0.15) is 41.4 Å². The fourth-order valence-electron chi connectivity index (χ4n) is 2.90. The number of aromatic amines is 1. The molecule has 116 valence electrons. The highest BCUT2D eigenvalue weighted by atomic mass is 16.5. The molecule has 0 radical (unpaired) electrons. The van der Waals surface area contributed by atoms with Crippen LogP contribution in [-0.2, 0) is 0 Å². The second-order valence-corrected chi connectivity index (χ2v) is 5.36. The summed E-state index contributed by atoms with van der Waals surface area (Å²) in [6.07, 6.45) is 2.89. The minimum Gasteiger partial charge on any atom is -0.497 e. The van der Waals surface area contributed by atoms with Crippen LogP contribution in [0.4, 0.5) is 0 Å². The standard InChI is InChI=1S/C16H18N2O4/c1-21-12-6-4-5-11(9-12)13-7-2-3-8-18(13)16(20)14-10-15(19)17-22-14/h4-6,9-10,13H,2-3,7-8H2,1H3,(H,17,19). The van der Waals surface area contributed by atoms with Gasteiger partial charge in [0.05, 0.1) is 19.2 Å². The van der Waals surface area contributed by atoms with Crippen LogP contribution in [0.25, 0.3) is 0 Å². The van der Waals surface area contributed by atoms with Crippen LogP contribution in [0.5, 0.6) is 5.75 Å². The number of nitrogens with one attached hydrogen (secondary N) is 1. The third-order valence-corrected chi connectivity index (χ3v) is 3.98. The fraction of sp³-hybridized carbons (Fsp3) is 0.375. The molecule has 6 heteroatoms. The largest absolute Gasteiger partial charge is 0.497 e. The zero-order valence-corrected chi connectivity index (χ0v) is 12.4. The minimum absolute atomic E-state index is 0.0310. The van der Waals surface area contributed by atoms with Gasteiger partial charge in [-0.15, -0.1) is 0 Å². The second-order valence-electron chi connectivity index (χ2n) is 5.36. The molecule has 1 fully saturated rings. The second kappa shape index (κ2) is 6.09. The zero-order chi connectivity index (χ0) is 15.5. The van der Waals surface area contributed by atoms with E-state index in [1.807, 2.05) is 24.3 Å². The van der Waals surface area contributed by atoms with E-state index in [9.17, 15) is 9.59 Å². The molecule has 0 aliphatic carbocycles. The summed E-state index contributed by atoms with van der Waals surface area (Å²) >= 11 is 0. The molecule has 6 nitrogen and oxygen atoms in total. The molecule has 0 bridgehead atoms.